The molecule has 0 saturated heterocycles. The molecule has 0 amide bonds. The first-order chi connectivity index (χ1) is 19.7. The molecule has 2 aromatic heterocycles. The molecule has 2 heterocycles. The summed E-state index contributed by atoms with van der Waals surface area (Å²) in [6.07, 6.45) is -4.76. The zero-order valence-electron chi connectivity index (χ0n) is 21.5. The van der Waals surface area contributed by atoms with Gasteiger partial charge in [-0.2, -0.15) is 18.2 Å². The largest absolute Gasteiger partial charge is 0.487 e. The molecule has 0 spiro atoms. The lowest BCUT2D eigenvalue weighted by Crippen LogP contribution is -2.17. The van der Waals surface area contributed by atoms with Gasteiger partial charge in [0.1, 0.15) is 24.0 Å². The van der Waals surface area contributed by atoms with Crippen LogP contribution in [0.3, 0.4) is 0 Å². The van der Waals surface area contributed by atoms with Gasteiger partial charge in [0.2, 0.25) is 0 Å². The Morgan fingerprint density at radius 1 is 0.829 bits per heavy atom. The number of hydrogen-bond acceptors (Lipinski definition) is 5. The average molecular weight is 557 g/mol. The number of pyridine rings is 1. The first-order valence-corrected chi connectivity index (χ1v) is 12.3. The number of ether oxygens (including phenoxy) is 1. The molecule has 0 radical (unpaired) electrons. The average Bonchev–Trinajstić information content (AvgIpc) is 2.95. The van der Waals surface area contributed by atoms with Crippen molar-refractivity contribution < 1.29 is 22.3 Å². The predicted octanol–water partition coefficient (Wildman–Crippen LogP) is 6.34. The Morgan fingerprint density at radius 2 is 1.49 bits per heavy atom. The number of aromatic nitrogens is 4. The quantitative estimate of drug-likeness (QED) is 0.202. The van der Waals surface area contributed by atoms with Crippen LogP contribution >= 0.6 is 0 Å². The molecule has 0 unspecified atom stereocenters. The monoisotopic (exact) mass is 556 g/mol. The molecule has 0 saturated carbocycles. The second-order valence-corrected chi connectivity index (χ2v) is 8.90. The number of alkyl halides is 3. The van der Waals surface area contributed by atoms with Gasteiger partial charge in [-0.25, -0.2) is 14.2 Å². The van der Waals surface area contributed by atoms with Crippen LogP contribution in [0.25, 0.3) is 22.8 Å². The van der Waals surface area contributed by atoms with Crippen molar-refractivity contribution in [1.82, 2.24) is 19.9 Å². The minimum atomic E-state index is -4.76. The van der Waals surface area contributed by atoms with E-state index in [9.17, 15) is 22.4 Å². The lowest BCUT2D eigenvalue weighted by molar-refractivity contribution is -0.137. The molecule has 0 bridgehead atoms. The van der Waals surface area contributed by atoms with Crippen molar-refractivity contribution in [3.05, 3.63) is 129 Å². The van der Waals surface area contributed by atoms with Gasteiger partial charge in [0.05, 0.1) is 16.8 Å². The fourth-order valence-electron chi connectivity index (χ4n) is 3.98. The second-order valence-electron chi connectivity index (χ2n) is 8.90. The van der Waals surface area contributed by atoms with E-state index >= 15 is 0 Å². The van der Waals surface area contributed by atoms with Crippen LogP contribution in [0.1, 0.15) is 28.1 Å². The maximum absolute atomic E-state index is 14.1. The molecule has 0 aliphatic carbocycles. The molecule has 5 aromatic rings. The van der Waals surface area contributed by atoms with Crippen LogP contribution in [0.5, 0.6) is 5.75 Å². The number of rotatable bonds is 5. The smallest absolute Gasteiger partial charge is 0.417 e. The van der Waals surface area contributed by atoms with E-state index in [-0.39, 0.29) is 29.8 Å². The standard InChI is InChI=1S/C31H20F4N4O2/c1-19-4-2-5-24(36-19)18-41-26-7-3-6-25(31(33,34)35)27(26)29-37-28(38-30(40)39-29)22-14-10-20(11-15-22)8-9-21-12-16-23(32)17-13-21/h2-7,10-17H,18H2,1H3,(H,37,38,39,40). The maximum Gasteiger partial charge on any atom is 0.417 e. The first kappa shape index (κ1) is 27.3. The Kier molecular flexibility index (Phi) is 7.61. The van der Waals surface area contributed by atoms with Gasteiger partial charge in [-0.3, -0.25) is 9.97 Å². The lowest BCUT2D eigenvalue weighted by Gasteiger charge is -2.17. The third-order valence-corrected chi connectivity index (χ3v) is 5.88. The summed E-state index contributed by atoms with van der Waals surface area (Å²) in [7, 11) is 0. The topological polar surface area (TPSA) is 80.8 Å². The van der Waals surface area contributed by atoms with E-state index in [1.807, 2.05) is 0 Å². The van der Waals surface area contributed by atoms with Gasteiger partial charge in [0, 0.05) is 22.4 Å². The molecule has 41 heavy (non-hydrogen) atoms. The fraction of sp³-hybridized carbons (Fsp3) is 0.0968. The summed E-state index contributed by atoms with van der Waals surface area (Å²) in [6.45, 7) is 1.69. The van der Waals surface area contributed by atoms with E-state index in [1.165, 1.54) is 24.3 Å². The van der Waals surface area contributed by atoms with Crippen LogP contribution in [-0.4, -0.2) is 19.9 Å². The summed E-state index contributed by atoms with van der Waals surface area (Å²) in [5.74, 6) is 4.94. The third kappa shape index (κ3) is 6.65. The zero-order chi connectivity index (χ0) is 29.0. The van der Waals surface area contributed by atoms with Crippen LogP contribution in [0.2, 0.25) is 0 Å². The lowest BCUT2D eigenvalue weighted by atomic mass is 10.0. The van der Waals surface area contributed by atoms with E-state index in [2.05, 4.69) is 31.8 Å². The van der Waals surface area contributed by atoms with E-state index in [0.717, 1.165) is 11.8 Å². The molecule has 6 nitrogen and oxygen atoms in total. The van der Waals surface area contributed by atoms with Gasteiger partial charge >= 0.3 is 11.9 Å². The van der Waals surface area contributed by atoms with Crippen LogP contribution in [0, 0.1) is 24.6 Å². The van der Waals surface area contributed by atoms with Gasteiger partial charge in [0.15, 0.2) is 5.82 Å². The molecule has 0 fully saturated rings. The SMILES string of the molecule is Cc1cccc(COc2cccc(C(F)(F)F)c2-c2nc(-c3ccc(C#Cc4ccc(F)cc4)cc3)nc(=O)[nH]2)n1. The molecule has 1 N–H and O–H groups in total. The summed E-state index contributed by atoms with van der Waals surface area (Å²) >= 11 is 0. The van der Waals surface area contributed by atoms with Gasteiger partial charge in [-0.1, -0.05) is 24.0 Å². The third-order valence-electron chi connectivity index (χ3n) is 5.88. The van der Waals surface area contributed by atoms with Crippen LogP contribution < -0.4 is 10.4 Å². The fourth-order valence-corrected chi connectivity index (χ4v) is 3.98. The van der Waals surface area contributed by atoms with Crippen LogP contribution in [0.4, 0.5) is 17.6 Å². The highest BCUT2D eigenvalue weighted by Gasteiger charge is 2.36. The van der Waals surface area contributed by atoms with Gasteiger partial charge in [0.25, 0.3) is 0 Å². The molecule has 10 heteroatoms. The summed E-state index contributed by atoms with van der Waals surface area (Å²) in [4.78, 5) is 27.3. The Morgan fingerprint density at radius 3 is 2.15 bits per heavy atom. The van der Waals surface area contributed by atoms with Crippen molar-refractivity contribution >= 4 is 0 Å². The van der Waals surface area contributed by atoms with Crippen molar-refractivity contribution in [2.75, 3.05) is 0 Å². The Labute approximate surface area is 231 Å². The van der Waals surface area contributed by atoms with Crippen LogP contribution in [0.15, 0.2) is 89.7 Å². The van der Waals surface area contributed by atoms with Crippen molar-refractivity contribution in [3.63, 3.8) is 0 Å². The molecule has 0 aliphatic heterocycles. The number of hydrogen-bond donors (Lipinski definition) is 1. The van der Waals surface area contributed by atoms with Crippen molar-refractivity contribution in [3.8, 4) is 40.4 Å². The Balaban J connectivity index is 1.50. The molecular weight excluding hydrogens is 536 g/mol. The summed E-state index contributed by atoms with van der Waals surface area (Å²) in [5.41, 5.74) is 0.548. The Bertz CT molecular complexity index is 1820. The van der Waals surface area contributed by atoms with E-state index in [4.69, 9.17) is 4.74 Å². The minimum absolute atomic E-state index is 0.0786. The number of nitrogens with zero attached hydrogens (tertiary/aromatic N) is 3. The maximum atomic E-state index is 14.1. The number of aryl methyl sites for hydroxylation is 1. The van der Waals surface area contributed by atoms with Gasteiger partial charge in [-0.15, -0.1) is 0 Å². The molecule has 5 rings (SSSR count). The van der Waals surface area contributed by atoms with Crippen molar-refractivity contribution in [2.24, 2.45) is 0 Å². The molecule has 0 aliphatic rings. The minimum Gasteiger partial charge on any atom is -0.487 e. The summed E-state index contributed by atoms with van der Waals surface area (Å²) < 4.78 is 61.1. The van der Waals surface area contributed by atoms with Gasteiger partial charge < -0.3 is 4.74 Å². The highest BCUT2D eigenvalue weighted by atomic mass is 19.4. The number of halogens is 4. The van der Waals surface area contributed by atoms with Crippen molar-refractivity contribution in [2.45, 2.75) is 19.7 Å². The van der Waals surface area contributed by atoms with E-state index in [0.29, 0.717) is 22.4 Å². The van der Waals surface area contributed by atoms with Crippen LogP contribution in [-0.2, 0) is 12.8 Å². The van der Waals surface area contributed by atoms with E-state index < -0.39 is 23.0 Å². The number of nitrogens with one attached hydrogen (secondary N) is 1. The normalized spacial score (nSPS) is 11.0. The number of aromatic amines is 1. The number of H-pyrrole nitrogens is 1. The molecule has 3 aromatic carbocycles. The van der Waals surface area contributed by atoms with Crippen molar-refractivity contribution in [1.29, 1.82) is 0 Å². The second kappa shape index (κ2) is 11.4. The number of benzene rings is 3. The molecule has 0 atom stereocenters. The summed E-state index contributed by atoms with van der Waals surface area (Å²) in [5, 5.41) is 0. The van der Waals surface area contributed by atoms with E-state index in [1.54, 1.807) is 61.5 Å². The Hall–Kier alpha value is -5.30. The molecular formula is C31H20F4N4O2. The summed E-state index contributed by atoms with van der Waals surface area (Å²) in [6, 6.07) is 21.0. The van der Waals surface area contributed by atoms with Gasteiger partial charge in [-0.05, 0) is 79.7 Å². The highest BCUT2D eigenvalue weighted by molar-refractivity contribution is 5.71. The molecule has 204 valence electrons. The zero-order valence-corrected chi connectivity index (χ0v) is 21.5. The predicted molar refractivity (Wildman–Crippen MR) is 144 cm³/mol. The highest BCUT2D eigenvalue weighted by Crippen LogP contribution is 2.41. The first-order valence-electron chi connectivity index (χ1n) is 12.3.